The Labute approximate surface area is 135 Å². The van der Waals surface area contributed by atoms with E-state index in [2.05, 4.69) is 0 Å². The largest absolute Gasteiger partial charge is 0.391 e. The van der Waals surface area contributed by atoms with Gasteiger partial charge in [0.25, 0.3) is 0 Å². The Hall–Kier alpha value is -0.770. The highest BCUT2D eigenvalue weighted by Crippen LogP contribution is 2.52. The first-order chi connectivity index (χ1) is 11.2. The minimum Gasteiger partial charge on any atom is -0.244 e. The highest BCUT2D eigenvalue weighted by Gasteiger charge is 2.59. The number of halogens is 11. The number of rotatable bonds is 1. The summed E-state index contributed by atoms with van der Waals surface area (Å²) in [6.45, 7) is 0. The van der Waals surface area contributed by atoms with Crippen LogP contribution in [0.1, 0.15) is 19.3 Å². The smallest absolute Gasteiger partial charge is 0.244 e. The van der Waals surface area contributed by atoms with Gasteiger partial charge in [0.1, 0.15) is 12.3 Å². The number of hydrogen-bond acceptors (Lipinski definition) is 0. The van der Waals surface area contributed by atoms with Gasteiger partial charge in [-0.3, -0.25) is 0 Å². The molecule has 0 saturated heterocycles. The van der Waals surface area contributed by atoms with E-state index in [9.17, 15) is 48.3 Å². The summed E-state index contributed by atoms with van der Waals surface area (Å²) in [7, 11) is 0. The van der Waals surface area contributed by atoms with Crippen molar-refractivity contribution in [3.05, 3.63) is 0 Å². The second kappa shape index (κ2) is 6.75. The first-order valence-electron chi connectivity index (χ1n) is 7.59. The Morgan fingerprint density at radius 2 is 0.800 bits per heavy atom. The van der Waals surface area contributed by atoms with Crippen LogP contribution in [-0.4, -0.2) is 43.2 Å². The Morgan fingerprint density at radius 1 is 0.480 bits per heavy atom. The molecule has 2 saturated carbocycles. The van der Waals surface area contributed by atoms with Crippen molar-refractivity contribution >= 4 is 0 Å². The zero-order valence-corrected chi connectivity index (χ0v) is 12.5. The Bertz CT molecular complexity index is 421. The Kier molecular flexibility index (Phi) is 5.55. The number of alkyl halides is 11. The van der Waals surface area contributed by atoms with Gasteiger partial charge in [-0.2, -0.15) is 26.3 Å². The van der Waals surface area contributed by atoms with Crippen LogP contribution in [0.4, 0.5) is 48.3 Å². The minimum atomic E-state index is -5.05. The fraction of sp³-hybridized carbons (Fsp3) is 1.00. The summed E-state index contributed by atoms with van der Waals surface area (Å²) in [5, 5.41) is 0. The molecule has 11 heteroatoms. The van der Waals surface area contributed by atoms with Crippen molar-refractivity contribution in [3.8, 4) is 0 Å². The van der Waals surface area contributed by atoms with E-state index in [0.29, 0.717) is 0 Å². The molecule has 148 valence electrons. The molecule has 2 fully saturated rings. The first-order valence-corrected chi connectivity index (χ1v) is 7.59. The average molecular weight is 392 g/mol. The lowest BCUT2D eigenvalue weighted by molar-refractivity contribution is -0.236. The third kappa shape index (κ3) is 3.99. The molecule has 0 spiro atoms. The highest BCUT2D eigenvalue weighted by molar-refractivity contribution is 5.03. The van der Waals surface area contributed by atoms with Crippen molar-refractivity contribution in [2.24, 2.45) is 23.7 Å². The van der Waals surface area contributed by atoms with E-state index in [1.807, 2.05) is 0 Å². The minimum absolute atomic E-state index is 1.09. The molecule has 0 N–H and O–H groups in total. The van der Waals surface area contributed by atoms with Crippen LogP contribution in [0.25, 0.3) is 0 Å². The number of hydrogen-bond donors (Lipinski definition) is 0. The molecule has 0 amide bonds. The monoisotopic (exact) mass is 392 g/mol. The SMILES string of the molecule is FC1C(F)C(F)C(C2CC(C(F)(F)F)CC(C(F)(F)F)C2)C(F)C1F. The van der Waals surface area contributed by atoms with Gasteiger partial charge in [-0.15, -0.1) is 0 Å². The van der Waals surface area contributed by atoms with Crippen LogP contribution in [0.2, 0.25) is 0 Å². The predicted molar refractivity (Wildman–Crippen MR) is 64.4 cm³/mol. The summed E-state index contributed by atoms with van der Waals surface area (Å²) in [5.74, 6) is -9.30. The molecular formula is C14H15F11. The van der Waals surface area contributed by atoms with Crippen LogP contribution >= 0.6 is 0 Å². The molecule has 0 aromatic rings. The topological polar surface area (TPSA) is 0 Å². The van der Waals surface area contributed by atoms with Gasteiger partial charge in [-0.05, 0) is 25.2 Å². The van der Waals surface area contributed by atoms with Crippen molar-refractivity contribution in [3.63, 3.8) is 0 Å². The van der Waals surface area contributed by atoms with Crippen LogP contribution in [0.5, 0.6) is 0 Å². The molecule has 25 heavy (non-hydrogen) atoms. The second-order valence-corrected chi connectivity index (χ2v) is 6.74. The second-order valence-electron chi connectivity index (χ2n) is 6.74. The van der Waals surface area contributed by atoms with Gasteiger partial charge < -0.3 is 0 Å². The molecule has 0 radical (unpaired) electrons. The van der Waals surface area contributed by atoms with Crippen molar-refractivity contribution in [2.75, 3.05) is 0 Å². The van der Waals surface area contributed by atoms with Crippen LogP contribution in [0.15, 0.2) is 0 Å². The zero-order chi connectivity index (χ0) is 19.3. The van der Waals surface area contributed by atoms with Gasteiger partial charge in [-0.25, -0.2) is 22.0 Å². The van der Waals surface area contributed by atoms with E-state index in [4.69, 9.17) is 0 Å². The molecule has 0 aromatic carbocycles. The molecule has 2 rings (SSSR count). The summed E-state index contributed by atoms with van der Waals surface area (Å²) < 4.78 is 145. The predicted octanol–water partition coefficient (Wildman–Crippen LogP) is 5.46. The summed E-state index contributed by atoms with van der Waals surface area (Å²) in [6.07, 6.45) is -29.0. The fourth-order valence-electron chi connectivity index (χ4n) is 3.86. The summed E-state index contributed by atoms with van der Waals surface area (Å²) in [4.78, 5) is 0. The standard InChI is InChI=1S/C14H15F11/c15-8-7(9(16)11(18)12(19)10(8)17)4-1-5(13(20,21)22)3-6(2-4)14(23,24)25/h4-12H,1-3H2. The van der Waals surface area contributed by atoms with Crippen LogP contribution in [-0.2, 0) is 0 Å². The molecule has 0 aromatic heterocycles. The maximum absolute atomic E-state index is 14.0. The van der Waals surface area contributed by atoms with Gasteiger partial charge in [0, 0.05) is 5.92 Å². The van der Waals surface area contributed by atoms with Crippen LogP contribution < -0.4 is 0 Å². The normalized spacial score (nSPS) is 46.9. The maximum Gasteiger partial charge on any atom is 0.391 e. The molecule has 6 unspecified atom stereocenters. The molecule has 0 bridgehead atoms. The lowest BCUT2D eigenvalue weighted by atomic mass is 9.64. The van der Waals surface area contributed by atoms with Gasteiger partial charge in [0.2, 0.25) is 0 Å². The first kappa shape index (κ1) is 20.5. The lowest BCUT2D eigenvalue weighted by Crippen LogP contribution is -2.57. The van der Waals surface area contributed by atoms with Crippen molar-refractivity contribution in [2.45, 2.75) is 62.5 Å². The molecule has 2 aliphatic carbocycles. The van der Waals surface area contributed by atoms with E-state index < -0.39 is 86.1 Å². The maximum atomic E-state index is 14.0. The third-order valence-corrected chi connectivity index (χ3v) is 5.17. The van der Waals surface area contributed by atoms with Crippen molar-refractivity contribution in [1.29, 1.82) is 0 Å². The molecular weight excluding hydrogens is 377 g/mol. The third-order valence-electron chi connectivity index (χ3n) is 5.17. The summed E-state index contributed by atoms with van der Waals surface area (Å²) in [6, 6.07) is 0. The van der Waals surface area contributed by atoms with Crippen LogP contribution in [0.3, 0.4) is 0 Å². The molecule has 0 aliphatic heterocycles. The molecule has 0 heterocycles. The van der Waals surface area contributed by atoms with E-state index in [0.717, 1.165) is 0 Å². The summed E-state index contributed by atoms with van der Waals surface area (Å²) >= 11 is 0. The van der Waals surface area contributed by atoms with Gasteiger partial charge in [-0.1, -0.05) is 0 Å². The Balaban J connectivity index is 2.31. The van der Waals surface area contributed by atoms with Crippen molar-refractivity contribution in [1.82, 2.24) is 0 Å². The highest BCUT2D eigenvalue weighted by atomic mass is 19.4. The molecule has 2 aliphatic rings. The average Bonchev–Trinajstić information content (AvgIpc) is 2.49. The Morgan fingerprint density at radius 3 is 1.12 bits per heavy atom. The van der Waals surface area contributed by atoms with Crippen LogP contribution in [0, 0.1) is 23.7 Å². The molecule has 6 atom stereocenters. The van der Waals surface area contributed by atoms with Gasteiger partial charge in [0.15, 0.2) is 18.5 Å². The van der Waals surface area contributed by atoms with Gasteiger partial charge in [0.05, 0.1) is 11.8 Å². The van der Waals surface area contributed by atoms with E-state index in [1.165, 1.54) is 0 Å². The van der Waals surface area contributed by atoms with E-state index >= 15 is 0 Å². The quantitative estimate of drug-likeness (QED) is 0.520. The molecule has 0 nitrogen and oxygen atoms in total. The zero-order valence-electron chi connectivity index (χ0n) is 12.5. The van der Waals surface area contributed by atoms with Gasteiger partial charge >= 0.3 is 12.4 Å². The van der Waals surface area contributed by atoms with E-state index in [1.54, 1.807) is 0 Å². The van der Waals surface area contributed by atoms with Crippen molar-refractivity contribution < 1.29 is 48.3 Å². The fourth-order valence-corrected chi connectivity index (χ4v) is 3.86. The summed E-state index contributed by atoms with van der Waals surface area (Å²) in [5.41, 5.74) is 0. The van der Waals surface area contributed by atoms with E-state index in [-0.39, 0.29) is 0 Å². The lowest BCUT2D eigenvalue weighted by Gasteiger charge is -2.45.